The summed E-state index contributed by atoms with van der Waals surface area (Å²) in [6.45, 7) is 4.42. The van der Waals surface area contributed by atoms with Gasteiger partial charge in [0.25, 0.3) is 0 Å². The highest BCUT2D eigenvalue weighted by Gasteiger charge is 2.36. The van der Waals surface area contributed by atoms with Crippen LogP contribution in [0.3, 0.4) is 0 Å². The summed E-state index contributed by atoms with van der Waals surface area (Å²) < 4.78 is 10.9. The maximum atomic E-state index is 10.8. The molecule has 0 spiro atoms. The summed E-state index contributed by atoms with van der Waals surface area (Å²) in [4.78, 5) is 2.59. The minimum absolute atomic E-state index is 0. The number of aromatic hydroxyl groups is 1. The van der Waals surface area contributed by atoms with E-state index >= 15 is 0 Å². The SMILES string of the molecule is CCCN1CCc2cc(OC)cc3c2[C@H]1Cc1ccc(OC)c(O)c1-3.Cl. The molecular weight excluding hydrogens is 350 g/mol. The number of nitrogens with zero attached hydrogens (tertiary/aromatic N) is 1. The van der Waals surface area contributed by atoms with Gasteiger partial charge in [-0.05, 0) is 66.3 Å². The van der Waals surface area contributed by atoms with Crippen molar-refractivity contribution in [3.05, 3.63) is 41.0 Å². The Morgan fingerprint density at radius 2 is 1.96 bits per heavy atom. The molecule has 26 heavy (non-hydrogen) atoms. The Balaban J connectivity index is 0.00000196. The largest absolute Gasteiger partial charge is 0.504 e. The molecule has 1 N–H and O–H groups in total. The van der Waals surface area contributed by atoms with Crippen LogP contribution in [0.15, 0.2) is 24.3 Å². The average Bonchev–Trinajstić information content (AvgIpc) is 2.63. The topological polar surface area (TPSA) is 41.9 Å². The zero-order valence-electron chi connectivity index (χ0n) is 15.5. The van der Waals surface area contributed by atoms with Crippen LogP contribution in [-0.2, 0) is 12.8 Å². The Hall–Kier alpha value is -1.91. The molecule has 4 nitrogen and oxygen atoms in total. The van der Waals surface area contributed by atoms with E-state index in [9.17, 15) is 5.11 Å². The molecule has 2 aromatic carbocycles. The van der Waals surface area contributed by atoms with Gasteiger partial charge in [0, 0.05) is 18.2 Å². The molecule has 5 heteroatoms. The lowest BCUT2D eigenvalue weighted by Gasteiger charge is -2.42. The van der Waals surface area contributed by atoms with E-state index in [1.54, 1.807) is 14.2 Å². The van der Waals surface area contributed by atoms with Crippen LogP contribution in [0, 0.1) is 0 Å². The molecule has 1 atom stereocenters. The first kappa shape index (κ1) is 18.9. The minimum atomic E-state index is 0. The van der Waals surface area contributed by atoms with Gasteiger partial charge < -0.3 is 14.6 Å². The van der Waals surface area contributed by atoms with Gasteiger partial charge >= 0.3 is 0 Å². The van der Waals surface area contributed by atoms with Gasteiger partial charge in [0.15, 0.2) is 11.5 Å². The first-order valence-electron chi connectivity index (χ1n) is 9.02. The van der Waals surface area contributed by atoms with Crippen LogP contribution in [0.4, 0.5) is 0 Å². The van der Waals surface area contributed by atoms with Crippen LogP contribution in [0.25, 0.3) is 11.1 Å². The Kier molecular flexibility index (Phi) is 5.35. The van der Waals surface area contributed by atoms with Gasteiger partial charge in [-0.3, -0.25) is 4.90 Å². The van der Waals surface area contributed by atoms with Crippen LogP contribution in [0.2, 0.25) is 0 Å². The van der Waals surface area contributed by atoms with Crippen LogP contribution < -0.4 is 9.47 Å². The van der Waals surface area contributed by atoms with Gasteiger partial charge in [0.1, 0.15) is 5.75 Å². The van der Waals surface area contributed by atoms with Crippen LogP contribution in [-0.4, -0.2) is 37.3 Å². The minimum Gasteiger partial charge on any atom is -0.504 e. The maximum Gasteiger partial charge on any atom is 0.165 e. The number of phenolic OH excluding ortho intramolecular Hbond substituents is 1. The first-order valence-corrected chi connectivity index (χ1v) is 9.02. The van der Waals surface area contributed by atoms with E-state index in [1.807, 2.05) is 6.07 Å². The maximum absolute atomic E-state index is 10.8. The number of fused-ring (bicyclic) bond motifs is 2. The summed E-state index contributed by atoms with van der Waals surface area (Å²) in [5.74, 6) is 1.61. The van der Waals surface area contributed by atoms with Gasteiger partial charge in [-0.1, -0.05) is 13.0 Å². The molecule has 1 aliphatic heterocycles. The molecule has 2 aromatic rings. The van der Waals surface area contributed by atoms with Gasteiger partial charge in [-0.2, -0.15) is 0 Å². The first-order chi connectivity index (χ1) is 12.2. The monoisotopic (exact) mass is 375 g/mol. The van der Waals surface area contributed by atoms with E-state index in [-0.39, 0.29) is 18.2 Å². The van der Waals surface area contributed by atoms with E-state index < -0.39 is 0 Å². The van der Waals surface area contributed by atoms with Crippen molar-refractivity contribution in [3.63, 3.8) is 0 Å². The van der Waals surface area contributed by atoms with E-state index in [4.69, 9.17) is 9.47 Å². The highest BCUT2D eigenvalue weighted by atomic mass is 35.5. The smallest absolute Gasteiger partial charge is 0.165 e. The molecule has 1 heterocycles. The van der Waals surface area contributed by atoms with Crippen molar-refractivity contribution in [1.82, 2.24) is 4.90 Å². The molecule has 0 saturated heterocycles. The second-order valence-corrected chi connectivity index (χ2v) is 6.90. The van der Waals surface area contributed by atoms with Crippen LogP contribution in [0.5, 0.6) is 17.2 Å². The summed E-state index contributed by atoms with van der Waals surface area (Å²) in [7, 11) is 3.30. The predicted octanol–water partition coefficient (Wildman–Crippen LogP) is 4.36. The molecule has 0 saturated carbocycles. The number of methoxy groups -OCH3 is 2. The quantitative estimate of drug-likeness (QED) is 0.861. The molecule has 0 aromatic heterocycles. The number of rotatable bonds is 4. The normalized spacial score (nSPS) is 17.7. The number of benzene rings is 2. The van der Waals surface area contributed by atoms with Crippen molar-refractivity contribution < 1.29 is 14.6 Å². The van der Waals surface area contributed by atoms with E-state index in [0.717, 1.165) is 49.2 Å². The van der Waals surface area contributed by atoms with Crippen LogP contribution in [0.1, 0.15) is 36.1 Å². The highest BCUT2D eigenvalue weighted by Crippen LogP contribution is 2.51. The molecular formula is C21H26ClNO3. The molecule has 0 bridgehead atoms. The molecule has 0 unspecified atom stereocenters. The zero-order valence-corrected chi connectivity index (χ0v) is 16.4. The highest BCUT2D eigenvalue weighted by molar-refractivity contribution is 5.85. The molecule has 2 aliphatic rings. The molecule has 1 aliphatic carbocycles. The van der Waals surface area contributed by atoms with Crippen molar-refractivity contribution in [2.75, 3.05) is 27.3 Å². The van der Waals surface area contributed by atoms with E-state index in [0.29, 0.717) is 11.8 Å². The van der Waals surface area contributed by atoms with Crippen molar-refractivity contribution >= 4 is 12.4 Å². The fraction of sp³-hybridized carbons (Fsp3) is 0.429. The lowest BCUT2D eigenvalue weighted by Crippen LogP contribution is -2.38. The third kappa shape index (κ3) is 2.81. The van der Waals surface area contributed by atoms with Gasteiger partial charge in [0.2, 0.25) is 0 Å². The lowest BCUT2D eigenvalue weighted by molar-refractivity contribution is 0.182. The third-order valence-corrected chi connectivity index (χ3v) is 5.56. The average molecular weight is 376 g/mol. The Morgan fingerprint density at radius 1 is 1.15 bits per heavy atom. The Labute approximate surface area is 161 Å². The third-order valence-electron chi connectivity index (χ3n) is 5.56. The number of ether oxygens (including phenoxy) is 2. The van der Waals surface area contributed by atoms with Gasteiger partial charge in [-0.25, -0.2) is 0 Å². The predicted molar refractivity (Wildman–Crippen MR) is 106 cm³/mol. The van der Waals surface area contributed by atoms with E-state index in [1.165, 1.54) is 16.7 Å². The van der Waals surface area contributed by atoms with Crippen molar-refractivity contribution in [3.8, 4) is 28.4 Å². The number of hydrogen-bond donors (Lipinski definition) is 1. The molecule has 0 fully saturated rings. The Bertz CT molecular complexity index is 821. The number of hydrogen-bond acceptors (Lipinski definition) is 4. The fourth-order valence-corrected chi connectivity index (χ4v) is 4.46. The second-order valence-electron chi connectivity index (χ2n) is 6.90. The molecule has 0 amide bonds. The van der Waals surface area contributed by atoms with Crippen LogP contribution >= 0.6 is 12.4 Å². The number of phenols is 1. The molecule has 0 radical (unpaired) electrons. The van der Waals surface area contributed by atoms with Crippen molar-refractivity contribution in [2.45, 2.75) is 32.2 Å². The van der Waals surface area contributed by atoms with Gasteiger partial charge in [0.05, 0.1) is 14.2 Å². The summed E-state index contributed by atoms with van der Waals surface area (Å²) in [5.41, 5.74) is 5.89. The number of halogens is 1. The summed E-state index contributed by atoms with van der Waals surface area (Å²) in [6.07, 6.45) is 3.10. The van der Waals surface area contributed by atoms with Crippen molar-refractivity contribution in [2.24, 2.45) is 0 Å². The summed E-state index contributed by atoms with van der Waals surface area (Å²) in [5, 5.41) is 10.8. The molecule has 4 rings (SSSR count). The van der Waals surface area contributed by atoms with Gasteiger partial charge in [-0.15, -0.1) is 12.4 Å². The fourth-order valence-electron chi connectivity index (χ4n) is 4.46. The lowest BCUT2D eigenvalue weighted by atomic mass is 9.76. The zero-order chi connectivity index (χ0) is 17.6. The standard InChI is InChI=1S/C21H25NO3.ClH/c1-4-8-22-9-7-14-10-15(24-2)12-16-19(14)17(22)11-13-5-6-18(25-3)21(23)20(13)16;/h5-6,10,12,17,23H,4,7-9,11H2,1-3H3;1H/t17-;/m1./s1. The second kappa shape index (κ2) is 7.37. The summed E-state index contributed by atoms with van der Waals surface area (Å²) >= 11 is 0. The van der Waals surface area contributed by atoms with Crippen molar-refractivity contribution in [1.29, 1.82) is 0 Å². The van der Waals surface area contributed by atoms with E-state index in [2.05, 4.69) is 30.0 Å². The summed E-state index contributed by atoms with van der Waals surface area (Å²) in [6, 6.07) is 8.57. The molecule has 140 valence electrons. The Morgan fingerprint density at radius 3 is 2.65 bits per heavy atom.